The van der Waals surface area contributed by atoms with Crippen molar-refractivity contribution in [2.75, 3.05) is 30.0 Å². The number of anilines is 2. The molecule has 158 valence electrons. The van der Waals surface area contributed by atoms with E-state index in [0.29, 0.717) is 11.4 Å². The summed E-state index contributed by atoms with van der Waals surface area (Å²) in [5.74, 6) is -0.240. The van der Waals surface area contributed by atoms with Crippen molar-refractivity contribution in [2.45, 2.75) is 6.42 Å². The predicted molar refractivity (Wildman–Crippen MR) is 120 cm³/mol. The Labute approximate surface area is 174 Å². The van der Waals surface area contributed by atoms with E-state index in [1.165, 1.54) is 0 Å². The Bertz CT molecular complexity index is 914. The van der Waals surface area contributed by atoms with Gasteiger partial charge in [-0.05, 0) is 47.9 Å². The number of nitroso groups, excluding NO2 is 3. The summed E-state index contributed by atoms with van der Waals surface area (Å²) in [6, 6.07) is 13.0. The number of ether oxygens (including phenoxy) is 1. The summed E-state index contributed by atoms with van der Waals surface area (Å²) in [5.41, 5.74) is 3.17. The molecule has 0 fully saturated rings. The minimum absolute atomic E-state index is 0.0500. The molecule has 10 nitrogen and oxygen atoms in total. The molecular formula is C19H21N5O5S. The molecule has 0 bridgehead atoms. The molecule has 0 spiro atoms. The number of nitrogens with one attached hydrogen (secondary N) is 2. The quantitative estimate of drug-likeness (QED) is 0.271. The van der Waals surface area contributed by atoms with Gasteiger partial charge in [-0.2, -0.15) is 0 Å². The molecule has 0 heterocycles. The van der Waals surface area contributed by atoms with Gasteiger partial charge in [0.15, 0.2) is 10.6 Å². The number of amides is 1. The number of carbonyl (C=O) groups is 1. The van der Waals surface area contributed by atoms with Crippen molar-refractivity contribution in [3.63, 3.8) is 0 Å². The van der Waals surface area contributed by atoms with Gasteiger partial charge in [0.2, 0.25) is 5.91 Å². The summed E-state index contributed by atoms with van der Waals surface area (Å²) >= 11 is 0. The average molecular weight is 431 g/mol. The Morgan fingerprint density at radius 1 is 1.07 bits per heavy atom. The van der Waals surface area contributed by atoms with E-state index in [9.17, 15) is 19.5 Å². The van der Waals surface area contributed by atoms with Crippen LogP contribution in [-0.4, -0.2) is 25.3 Å². The SMILES string of the molecule is C=CC(=O)Nc1ccc(-c2ccc(NC)cc2)cc1OCCCS(N=O)(N=O)N=O. The highest BCUT2D eigenvalue weighted by Gasteiger charge is 2.27. The van der Waals surface area contributed by atoms with Crippen LogP contribution in [0.25, 0.3) is 11.1 Å². The summed E-state index contributed by atoms with van der Waals surface area (Å²) < 4.78 is 13.2. The Kier molecular flexibility index (Phi) is 8.18. The van der Waals surface area contributed by atoms with Gasteiger partial charge >= 0.3 is 0 Å². The first-order valence-electron chi connectivity index (χ1n) is 8.84. The monoisotopic (exact) mass is 431 g/mol. The molecule has 0 aliphatic carbocycles. The second kappa shape index (κ2) is 10.8. The fourth-order valence-corrected chi connectivity index (χ4v) is 3.34. The molecule has 0 aliphatic rings. The zero-order valence-corrected chi connectivity index (χ0v) is 17.1. The lowest BCUT2D eigenvalue weighted by Crippen LogP contribution is -2.10. The smallest absolute Gasteiger partial charge is 0.247 e. The van der Waals surface area contributed by atoms with Crippen molar-refractivity contribution in [1.82, 2.24) is 0 Å². The molecule has 0 atom stereocenters. The Morgan fingerprint density at radius 2 is 1.70 bits per heavy atom. The maximum absolute atomic E-state index is 11.7. The van der Waals surface area contributed by atoms with E-state index in [-0.39, 0.29) is 18.8 Å². The van der Waals surface area contributed by atoms with E-state index in [4.69, 9.17) is 4.74 Å². The number of benzene rings is 2. The molecule has 2 N–H and O–H groups in total. The fraction of sp³-hybridized carbons (Fsp3) is 0.211. The largest absolute Gasteiger partial charge is 0.491 e. The summed E-state index contributed by atoms with van der Waals surface area (Å²) in [7, 11) is -1.49. The van der Waals surface area contributed by atoms with Crippen LogP contribution in [0.1, 0.15) is 6.42 Å². The molecule has 0 aromatic heterocycles. The third-order valence-electron chi connectivity index (χ3n) is 4.11. The highest BCUT2D eigenvalue weighted by Crippen LogP contribution is 2.52. The number of nitrogens with zero attached hydrogens (tertiary/aromatic N) is 3. The van der Waals surface area contributed by atoms with Crippen molar-refractivity contribution in [1.29, 1.82) is 0 Å². The molecule has 11 heteroatoms. The van der Waals surface area contributed by atoms with Gasteiger partial charge in [-0.3, -0.25) is 4.79 Å². The summed E-state index contributed by atoms with van der Waals surface area (Å²) in [5, 5.41) is 5.70. The van der Waals surface area contributed by atoms with Crippen LogP contribution in [0.2, 0.25) is 0 Å². The first-order chi connectivity index (χ1) is 14.5. The van der Waals surface area contributed by atoms with E-state index < -0.39 is 16.5 Å². The molecule has 0 aliphatic heterocycles. The maximum atomic E-state index is 11.7. The lowest BCUT2D eigenvalue weighted by atomic mass is 10.0. The normalized spacial score (nSPS) is 11.1. The van der Waals surface area contributed by atoms with Crippen LogP contribution in [0.15, 0.2) is 68.9 Å². The lowest BCUT2D eigenvalue weighted by Gasteiger charge is -2.16. The van der Waals surface area contributed by atoms with Gasteiger partial charge in [0.1, 0.15) is 5.75 Å². The summed E-state index contributed by atoms with van der Waals surface area (Å²) in [6.45, 7) is 3.47. The summed E-state index contributed by atoms with van der Waals surface area (Å²) in [4.78, 5) is 43.8. The lowest BCUT2D eigenvalue weighted by molar-refractivity contribution is -0.111. The number of hydrogen-bond donors (Lipinski definition) is 2. The van der Waals surface area contributed by atoms with Gasteiger partial charge < -0.3 is 15.4 Å². The fourth-order valence-electron chi connectivity index (χ4n) is 2.53. The van der Waals surface area contributed by atoms with Crippen molar-refractivity contribution in [3.8, 4) is 16.9 Å². The number of hydrogen-bond acceptors (Lipinski definition) is 9. The number of rotatable bonds is 12. The molecule has 30 heavy (non-hydrogen) atoms. The predicted octanol–water partition coefficient (Wildman–Crippen LogP) is 5.14. The number of carbonyl (C=O) groups excluding carboxylic acids is 1. The molecular weight excluding hydrogens is 410 g/mol. The molecule has 2 aromatic carbocycles. The zero-order valence-electron chi connectivity index (χ0n) is 16.2. The van der Waals surface area contributed by atoms with Crippen LogP contribution in [0.5, 0.6) is 5.75 Å². The first kappa shape index (κ1) is 22.7. The Morgan fingerprint density at radius 3 is 2.27 bits per heavy atom. The summed E-state index contributed by atoms with van der Waals surface area (Å²) in [6.07, 6.45) is 1.28. The van der Waals surface area contributed by atoms with E-state index in [1.807, 2.05) is 37.4 Å². The van der Waals surface area contributed by atoms with E-state index in [2.05, 4.69) is 31.0 Å². The van der Waals surface area contributed by atoms with Gasteiger partial charge in [-0.25, -0.2) is 0 Å². The molecule has 0 unspecified atom stereocenters. The van der Waals surface area contributed by atoms with Crippen LogP contribution in [0.3, 0.4) is 0 Å². The van der Waals surface area contributed by atoms with Crippen LogP contribution in [0.4, 0.5) is 11.4 Å². The zero-order chi connectivity index (χ0) is 22.0. The van der Waals surface area contributed by atoms with Crippen molar-refractivity contribution < 1.29 is 9.53 Å². The topological polar surface area (TPSA) is 139 Å². The van der Waals surface area contributed by atoms with Crippen LogP contribution >= 0.6 is 10.6 Å². The Balaban J connectivity index is 2.21. The molecule has 0 saturated heterocycles. The standard InChI is InChI=1S/C19H21N5O5S/c1-3-19(25)21-17-10-7-15(14-5-8-16(20-2)9-6-14)13-18(17)29-11-4-12-30(22-26,23-27)24-28/h3,5-10,13,20H,1,4,11-12H2,2H3,(H,21,25). The average Bonchev–Trinajstić information content (AvgIpc) is 2.80. The highest BCUT2D eigenvalue weighted by atomic mass is 32.3. The molecule has 0 radical (unpaired) electrons. The van der Waals surface area contributed by atoms with Crippen molar-refractivity contribution in [3.05, 3.63) is 69.8 Å². The van der Waals surface area contributed by atoms with E-state index in [0.717, 1.165) is 22.9 Å². The van der Waals surface area contributed by atoms with Crippen molar-refractivity contribution in [2.24, 2.45) is 13.7 Å². The van der Waals surface area contributed by atoms with Gasteiger partial charge in [0, 0.05) is 32.2 Å². The van der Waals surface area contributed by atoms with Crippen LogP contribution < -0.4 is 15.4 Å². The van der Waals surface area contributed by atoms with Gasteiger partial charge in [0.25, 0.3) is 0 Å². The maximum Gasteiger partial charge on any atom is 0.247 e. The minimum Gasteiger partial charge on any atom is -0.491 e. The van der Waals surface area contributed by atoms with Crippen LogP contribution in [0, 0.1) is 14.7 Å². The van der Waals surface area contributed by atoms with Gasteiger partial charge in [0.05, 0.1) is 12.3 Å². The van der Waals surface area contributed by atoms with Gasteiger partial charge in [-0.1, -0.05) is 24.8 Å². The van der Waals surface area contributed by atoms with E-state index >= 15 is 0 Å². The highest BCUT2D eigenvalue weighted by molar-refractivity contribution is 8.30. The third kappa shape index (κ3) is 5.70. The molecule has 1 amide bonds. The van der Waals surface area contributed by atoms with E-state index in [1.54, 1.807) is 12.1 Å². The Hall–Kier alpha value is -3.60. The second-order valence-electron chi connectivity index (χ2n) is 5.99. The second-order valence-corrected chi connectivity index (χ2v) is 8.11. The molecule has 2 rings (SSSR count). The minimum atomic E-state index is -3.32. The van der Waals surface area contributed by atoms with Crippen LogP contribution in [-0.2, 0) is 4.79 Å². The van der Waals surface area contributed by atoms with Gasteiger partial charge in [-0.15, -0.1) is 14.7 Å². The first-order valence-corrected chi connectivity index (χ1v) is 10.5. The molecule has 2 aromatic rings. The third-order valence-corrected chi connectivity index (χ3v) is 5.66. The van der Waals surface area contributed by atoms with Crippen molar-refractivity contribution >= 4 is 27.9 Å². The molecule has 0 saturated carbocycles.